The Kier molecular flexibility index (Phi) is 20.1. The first kappa shape index (κ1) is 56.9. The van der Waals surface area contributed by atoms with Crippen molar-refractivity contribution in [3.8, 4) is 0 Å². The number of hydrogen-bond acceptors (Lipinski definition) is 28. The lowest BCUT2D eigenvalue weighted by molar-refractivity contribution is -0.428. The highest BCUT2D eigenvalue weighted by Gasteiger charge is 2.58. The largest absolute Gasteiger partial charge is 0.394 e. The summed E-state index contributed by atoms with van der Waals surface area (Å²) < 4.78 is 69.2. The number of nitrogens with two attached hydrogens (primary N) is 1. The van der Waals surface area contributed by atoms with Gasteiger partial charge in [-0.3, -0.25) is 0 Å². The van der Waals surface area contributed by atoms with E-state index in [1.807, 2.05) is 0 Å². The first-order chi connectivity index (χ1) is 32.7. The quantitative estimate of drug-likeness (QED) is 0.0448. The third-order valence-corrected chi connectivity index (χ3v) is 13.4. The van der Waals surface area contributed by atoms with Gasteiger partial charge in [0.1, 0.15) is 104 Å². The molecule has 0 bridgehead atoms. The molecule has 0 saturated carbocycles. The lowest BCUT2D eigenvalue weighted by Gasteiger charge is -2.51. The zero-order valence-corrected chi connectivity index (χ0v) is 38.1. The van der Waals surface area contributed by atoms with Crippen LogP contribution in [0.3, 0.4) is 0 Å². The van der Waals surface area contributed by atoms with Gasteiger partial charge in [-0.2, -0.15) is 0 Å². The van der Waals surface area contributed by atoms with Crippen molar-refractivity contribution >= 4 is 0 Å². The Morgan fingerprint density at radius 2 is 1.04 bits per heavy atom. The number of ether oxygens (including phenoxy) is 12. The molecule has 0 aliphatic carbocycles. The van der Waals surface area contributed by atoms with Crippen molar-refractivity contribution in [1.82, 2.24) is 0 Å². The van der Waals surface area contributed by atoms with Crippen molar-refractivity contribution in [2.45, 2.75) is 205 Å². The normalized spacial score (nSPS) is 52.1. The Morgan fingerprint density at radius 3 is 1.67 bits per heavy atom. The third-order valence-electron chi connectivity index (χ3n) is 13.4. The standard InChI is InChI=1S/C41H71NO27/c1-5-7-58-36-21(47)13(3)31(16(6-2)60-36)65-38-29(55)27(53)32(19(11-45)63-38)66-39-30(56)33(24(50)18(10-44)61-39)67-35-15(42)8-41(57,20(12-46)64-35)69-40-34(26(52)23(49)17(9-43)62-40)68-37-28(54)25(51)22(48)14(4)59-37/h5,13-40,43-57H,1,6-12,42H2,2-4H3/t13?,14?,15?,16?,17?,18?,19?,20?,21?,22-,23+,24+,25?,26?,27?,28?,29?,30?,31+,32+,33?,34?,35?,36-,37+,38+,39-,40+,41+/m1/s1. The fourth-order valence-corrected chi connectivity index (χ4v) is 9.23. The summed E-state index contributed by atoms with van der Waals surface area (Å²) in [6.07, 6.45) is -41.4. The fourth-order valence-electron chi connectivity index (χ4n) is 9.23. The summed E-state index contributed by atoms with van der Waals surface area (Å²) in [6, 6.07) is -1.49. The van der Waals surface area contributed by atoms with Crippen LogP contribution in [0.25, 0.3) is 0 Å². The van der Waals surface area contributed by atoms with Crippen LogP contribution in [0.5, 0.6) is 0 Å². The second kappa shape index (κ2) is 24.3. The van der Waals surface area contributed by atoms with Gasteiger partial charge in [0.25, 0.3) is 0 Å². The number of aliphatic hydroxyl groups is 15. The van der Waals surface area contributed by atoms with Crippen LogP contribution in [0.15, 0.2) is 12.7 Å². The first-order valence-corrected chi connectivity index (χ1v) is 22.9. The highest BCUT2D eigenvalue weighted by atomic mass is 16.8. The average molecular weight is 1010 g/mol. The summed E-state index contributed by atoms with van der Waals surface area (Å²) in [5.74, 6) is -3.34. The summed E-state index contributed by atoms with van der Waals surface area (Å²) in [7, 11) is 0. The first-order valence-electron chi connectivity index (χ1n) is 22.9. The van der Waals surface area contributed by atoms with E-state index in [0.29, 0.717) is 6.42 Å². The maximum atomic E-state index is 11.9. The molecule has 0 aromatic carbocycles. The van der Waals surface area contributed by atoms with Gasteiger partial charge in [0.05, 0.1) is 57.4 Å². The predicted octanol–water partition coefficient (Wildman–Crippen LogP) is -8.85. The van der Waals surface area contributed by atoms with E-state index in [4.69, 9.17) is 62.6 Å². The van der Waals surface area contributed by atoms with Crippen LogP contribution in [0.4, 0.5) is 0 Å². The van der Waals surface area contributed by atoms with Gasteiger partial charge in [-0.25, -0.2) is 0 Å². The van der Waals surface area contributed by atoms with Crippen LogP contribution < -0.4 is 5.73 Å². The zero-order valence-electron chi connectivity index (χ0n) is 38.1. The van der Waals surface area contributed by atoms with Gasteiger partial charge >= 0.3 is 0 Å². The maximum Gasteiger partial charge on any atom is 0.199 e. The fraction of sp³-hybridized carbons (Fsp3) is 0.951. The van der Waals surface area contributed by atoms with Crippen molar-refractivity contribution in [3.05, 3.63) is 12.7 Å². The molecular weight excluding hydrogens is 938 g/mol. The van der Waals surface area contributed by atoms with Crippen LogP contribution in [-0.2, 0) is 56.8 Å². The van der Waals surface area contributed by atoms with E-state index in [0.717, 1.165) is 0 Å². The molecule has 402 valence electrons. The Hall–Kier alpha value is -1.38. The molecule has 6 fully saturated rings. The van der Waals surface area contributed by atoms with Gasteiger partial charge in [-0.15, -0.1) is 6.58 Å². The van der Waals surface area contributed by atoms with E-state index in [1.165, 1.54) is 13.0 Å². The molecule has 17 N–H and O–H groups in total. The Balaban J connectivity index is 1.13. The summed E-state index contributed by atoms with van der Waals surface area (Å²) >= 11 is 0. The van der Waals surface area contributed by atoms with Crippen molar-refractivity contribution in [2.24, 2.45) is 11.7 Å². The summed E-state index contributed by atoms with van der Waals surface area (Å²) in [5, 5.41) is 162. The van der Waals surface area contributed by atoms with Gasteiger partial charge in [-0.1, -0.05) is 19.9 Å². The summed E-state index contributed by atoms with van der Waals surface area (Å²) in [4.78, 5) is 0. The van der Waals surface area contributed by atoms with Gasteiger partial charge in [0.15, 0.2) is 43.5 Å². The van der Waals surface area contributed by atoms with Gasteiger partial charge in [-0.05, 0) is 13.3 Å². The number of hydrogen-bond donors (Lipinski definition) is 16. The molecule has 69 heavy (non-hydrogen) atoms. The Labute approximate surface area is 395 Å². The molecule has 28 nitrogen and oxygen atoms in total. The zero-order chi connectivity index (χ0) is 50.8. The lowest BCUT2D eigenvalue weighted by Crippen LogP contribution is -2.69. The molecule has 6 aliphatic heterocycles. The van der Waals surface area contributed by atoms with E-state index in [-0.39, 0.29) is 6.61 Å². The molecule has 0 aromatic rings. The van der Waals surface area contributed by atoms with Crippen molar-refractivity contribution in [1.29, 1.82) is 0 Å². The molecule has 6 aliphatic rings. The Morgan fingerprint density at radius 1 is 0.522 bits per heavy atom. The lowest BCUT2D eigenvalue weighted by atomic mass is 9.89. The Bertz CT molecular complexity index is 1590. The molecule has 29 atom stereocenters. The van der Waals surface area contributed by atoms with Crippen LogP contribution in [0.2, 0.25) is 0 Å². The van der Waals surface area contributed by atoms with E-state index in [2.05, 4.69) is 6.58 Å². The average Bonchev–Trinajstić information content (AvgIpc) is 3.32. The number of aliphatic hydroxyl groups excluding tert-OH is 14. The van der Waals surface area contributed by atoms with E-state index < -0.39 is 210 Å². The third kappa shape index (κ3) is 11.9. The van der Waals surface area contributed by atoms with Crippen LogP contribution in [-0.4, -0.2) is 281 Å². The van der Waals surface area contributed by atoms with Gasteiger partial charge in [0.2, 0.25) is 0 Å². The summed E-state index contributed by atoms with van der Waals surface area (Å²) in [5.41, 5.74) is 6.39. The minimum atomic E-state index is -2.69. The summed E-state index contributed by atoms with van der Waals surface area (Å²) in [6.45, 7) is 4.77. The van der Waals surface area contributed by atoms with E-state index in [9.17, 15) is 76.6 Å². The van der Waals surface area contributed by atoms with Crippen molar-refractivity contribution in [3.63, 3.8) is 0 Å². The maximum absolute atomic E-state index is 11.9. The molecule has 18 unspecified atom stereocenters. The van der Waals surface area contributed by atoms with Crippen molar-refractivity contribution < 1.29 is 133 Å². The second-order valence-corrected chi connectivity index (χ2v) is 18.1. The van der Waals surface area contributed by atoms with E-state index >= 15 is 0 Å². The van der Waals surface area contributed by atoms with E-state index in [1.54, 1.807) is 13.8 Å². The van der Waals surface area contributed by atoms with Gasteiger partial charge in [0, 0.05) is 12.3 Å². The van der Waals surface area contributed by atoms with Crippen LogP contribution in [0.1, 0.15) is 33.6 Å². The second-order valence-electron chi connectivity index (χ2n) is 18.1. The minimum absolute atomic E-state index is 0.0957. The van der Waals surface area contributed by atoms with Gasteiger partial charge < -0.3 is 139 Å². The van der Waals surface area contributed by atoms with Crippen LogP contribution in [0, 0.1) is 5.92 Å². The molecule has 28 heteroatoms. The molecular formula is C41H71NO27. The molecule has 0 amide bonds. The minimum Gasteiger partial charge on any atom is -0.394 e. The monoisotopic (exact) mass is 1010 g/mol. The topological polar surface area (TPSA) is 440 Å². The van der Waals surface area contributed by atoms with Crippen molar-refractivity contribution in [2.75, 3.05) is 33.0 Å². The molecule has 6 saturated heterocycles. The van der Waals surface area contributed by atoms with Crippen LogP contribution >= 0.6 is 0 Å². The molecule has 6 rings (SSSR count). The molecule has 0 aromatic heterocycles. The SMILES string of the molecule is C=CCO[C@@H]1OC(CC)[C@@H](O[C@@H]2OC(CO)[C@H](O[C@H]3OC(CO)[C@H](O)C(OC4OC(CO)[C@@](O)(O[C@@H]5OC(CO)[C@H](O)C(O)C5O[C@@H]5OC(C)[C@@H](O)C(O)C5O)CC4N)C3O)C(O)C2O)C(C)C1O. The number of rotatable bonds is 18. The highest BCUT2D eigenvalue weighted by molar-refractivity contribution is 5.00. The highest BCUT2D eigenvalue weighted by Crippen LogP contribution is 2.39. The molecule has 0 spiro atoms. The smallest absolute Gasteiger partial charge is 0.199 e. The molecule has 6 heterocycles. The molecule has 0 radical (unpaired) electrons. The predicted molar refractivity (Wildman–Crippen MR) is 220 cm³/mol.